The normalized spacial score (nSPS) is 26.2. The summed E-state index contributed by atoms with van der Waals surface area (Å²) in [5, 5.41) is 6.30. The van der Waals surface area contributed by atoms with Crippen LogP contribution in [0.2, 0.25) is 0 Å². The molecular weight excluding hydrogens is 416 g/mol. The van der Waals surface area contributed by atoms with E-state index < -0.39 is 30.1 Å². The van der Waals surface area contributed by atoms with Crippen LogP contribution in [0.5, 0.6) is 0 Å². The molecule has 1 saturated heterocycles. The molecule has 0 unspecified atom stereocenters. The predicted molar refractivity (Wildman–Crippen MR) is 127 cm³/mol. The van der Waals surface area contributed by atoms with Crippen LogP contribution in [0.25, 0.3) is 0 Å². The number of hydrogen-bond donors (Lipinski definition) is 2. The molecular formula is C27H32N2O4. The van der Waals surface area contributed by atoms with Crippen molar-refractivity contribution in [3.05, 3.63) is 83.4 Å². The first kappa shape index (κ1) is 23.2. The van der Waals surface area contributed by atoms with Crippen LogP contribution >= 0.6 is 0 Å². The number of nitrogens with one attached hydrogen (secondary N) is 2. The van der Waals surface area contributed by atoms with Crippen LogP contribution in [0, 0.1) is 5.41 Å². The molecule has 1 heterocycles. The molecule has 0 radical (unpaired) electrons. The fraction of sp³-hybridized carbons (Fsp3) is 0.407. The first-order valence-electron chi connectivity index (χ1n) is 11.3. The lowest BCUT2D eigenvalue weighted by Gasteiger charge is -2.42. The zero-order chi connectivity index (χ0) is 23.8. The Hall–Kier alpha value is -2.96. The molecule has 6 heteroatoms. The first-order chi connectivity index (χ1) is 15.5. The Morgan fingerprint density at radius 2 is 1.27 bits per heavy atom. The summed E-state index contributed by atoms with van der Waals surface area (Å²) in [7, 11) is 0. The van der Waals surface area contributed by atoms with Crippen molar-refractivity contribution < 1.29 is 19.1 Å². The van der Waals surface area contributed by atoms with Crippen molar-refractivity contribution in [1.82, 2.24) is 10.6 Å². The average Bonchev–Trinajstić information content (AvgIpc) is 3.11. The molecule has 1 aliphatic heterocycles. The zero-order valence-electron chi connectivity index (χ0n) is 19.8. The first-order valence-corrected chi connectivity index (χ1v) is 11.3. The minimum atomic E-state index is -0.845. The molecule has 0 bridgehead atoms. The lowest BCUT2D eigenvalue weighted by atomic mass is 9.74. The molecule has 0 spiro atoms. The summed E-state index contributed by atoms with van der Waals surface area (Å²) in [5.41, 5.74) is 1.89. The summed E-state index contributed by atoms with van der Waals surface area (Å²) in [5.74, 6) is -1.19. The molecule has 2 amide bonds. The van der Waals surface area contributed by atoms with E-state index in [0.29, 0.717) is 11.1 Å². The van der Waals surface area contributed by atoms with Gasteiger partial charge in [-0.05, 0) is 49.1 Å². The molecule has 0 aromatic heterocycles. The molecule has 2 aliphatic rings. The highest BCUT2D eigenvalue weighted by Gasteiger charge is 2.53. The number of fused-ring (bicyclic) bond motifs is 1. The van der Waals surface area contributed by atoms with Gasteiger partial charge in [-0.3, -0.25) is 9.59 Å². The topological polar surface area (TPSA) is 76.7 Å². The summed E-state index contributed by atoms with van der Waals surface area (Å²) in [4.78, 5) is 26.0. The highest BCUT2D eigenvalue weighted by Crippen LogP contribution is 2.42. The van der Waals surface area contributed by atoms with E-state index in [2.05, 4.69) is 31.4 Å². The fourth-order valence-corrected chi connectivity index (χ4v) is 4.56. The molecule has 2 aromatic rings. The van der Waals surface area contributed by atoms with Gasteiger partial charge in [0, 0.05) is 11.1 Å². The van der Waals surface area contributed by atoms with Crippen molar-refractivity contribution in [2.24, 2.45) is 5.41 Å². The predicted octanol–water partition coefficient (Wildman–Crippen LogP) is 4.09. The summed E-state index contributed by atoms with van der Waals surface area (Å²) >= 11 is 0. The van der Waals surface area contributed by atoms with E-state index >= 15 is 0 Å². The second-order valence-electron chi connectivity index (χ2n) is 10.1. The number of carbonyl (C=O) groups is 2. The Morgan fingerprint density at radius 3 is 1.79 bits per heavy atom. The Morgan fingerprint density at radius 1 is 0.788 bits per heavy atom. The molecule has 174 valence electrons. The maximum atomic E-state index is 13.1. The number of hydrogen-bond acceptors (Lipinski definition) is 4. The SMILES string of the molecule is CC1(C)O[C@@H]2[C@H](O1)[C@@H](NC(=O)c1ccccc1)C=C(C(C)(C)C)[C@H]2NC(=O)c1ccccc1. The van der Waals surface area contributed by atoms with Crippen LogP contribution in [0.4, 0.5) is 0 Å². The van der Waals surface area contributed by atoms with Gasteiger partial charge in [0.2, 0.25) is 0 Å². The van der Waals surface area contributed by atoms with Crippen molar-refractivity contribution in [3.63, 3.8) is 0 Å². The van der Waals surface area contributed by atoms with Gasteiger partial charge in [0.15, 0.2) is 5.79 Å². The van der Waals surface area contributed by atoms with Crippen molar-refractivity contribution in [2.45, 2.75) is 64.7 Å². The summed E-state index contributed by atoms with van der Waals surface area (Å²) in [6.45, 7) is 10.00. The highest BCUT2D eigenvalue weighted by atomic mass is 16.8. The third kappa shape index (κ3) is 5.02. The highest BCUT2D eigenvalue weighted by molar-refractivity contribution is 5.95. The Labute approximate surface area is 195 Å². The van der Waals surface area contributed by atoms with Crippen LogP contribution in [-0.4, -0.2) is 41.9 Å². The number of carbonyl (C=O) groups excluding carboxylic acids is 2. The van der Waals surface area contributed by atoms with E-state index in [1.54, 1.807) is 24.3 Å². The van der Waals surface area contributed by atoms with Crippen molar-refractivity contribution in [2.75, 3.05) is 0 Å². The number of rotatable bonds is 4. The van der Waals surface area contributed by atoms with Gasteiger partial charge in [-0.2, -0.15) is 0 Å². The molecule has 6 nitrogen and oxygen atoms in total. The summed E-state index contributed by atoms with van der Waals surface area (Å²) in [6.07, 6.45) is 1.13. The van der Waals surface area contributed by atoms with Gasteiger partial charge in [-0.1, -0.05) is 63.2 Å². The van der Waals surface area contributed by atoms with Crippen LogP contribution in [0.15, 0.2) is 72.3 Å². The van der Waals surface area contributed by atoms with Crippen LogP contribution < -0.4 is 10.6 Å². The van der Waals surface area contributed by atoms with Crippen LogP contribution in [-0.2, 0) is 9.47 Å². The molecule has 2 N–H and O–H groups in total. The maximum absolute atomic E-state index is 13.1. The van der Waals surface area contributed by atoms with E-state index in [1.165, 1.54) is 0 Å². The van der Waals surface area contributed by atoms with Gasteiger partial charge in [-0.15, -0.1) is 0 Å². The van der Waals surface area contributed by atoms with Gasteiger partial charge >= 0.3 is 0 Å². The van der Waals surface area contributed by atoms with Gasteiger partial charge in [0.25, 0.3) is 11.8 Å². The maximum Gasteiger partial charge on any atom is 0.251 e. The van der Waals surface area contributed by atoms with Gasteiger partial charge < -0.3 is 20.1 Å². The number of benzene rings is 2. The van der Waals surface area contributed by atoms with E-state index in [1.807, 2.05) is 56.3 Å². The average molecular weight is 449 g/mol. The molecule has 33 heavy (non-hydrogen) atoms. The molecule has 4 rings (SSSR count). The molecule has 0 saturated carbocycles. The quantitative estimate of drug-likeness (QED) is 0.691. The smallest absolute Gasteiger partial charge is 0.251 e. The monoisotopic (exact) mass is 448 g/mol. The van der Waals surface area contributed by atoms with Crippen molar-refractivity contribution in [1.29, 1.82) is 0 Å². The van der Waals surface area contributed by atoms with Crippen LogP contribution in [0.3, 0.4) is 0 Å². The van der Waals surface area contributed by atoms with E-state index in [4.69, 9.17) is 9.47 Å². The summed E-state index contributed by atoms with van der Waals surface area (Å²) < 4.78 is 12.6. The Balaban J connectivity index is 1.68. The standard InChI is InChI=1S/C27H32N2O4/c1-26(2,3)19-16-20(28-24(30)17-12-8-6-9-13-17)22-23(33-27(4,5)32-22)21(19)29-25(31)18-14-10-7-11-15-18/h6-16,20-23H,1-5H3,(H,28,30)(H,29,31)/t20-,21+,22+,23-/m0/s1. The van der Waals surface area contributed by atoms with Crippen molar-refractivity contribution >= 4 is 11.8 Å². The molecule has 1 fully saturated rings. The van der Waals surface area contributed by atoms with Gasteiger partial charge in [-0.25, -0.2) is 0 Å². The van der Waals surface area contributed by atoms with Crippen LogP contribution in [0.1, 0.15) is 55.3 Å². The molecule has 4 atom stereocenters. The molecule has 1 aliphatic carbocycles. The third-order valence-electron chi connectivity index (χ3n) is 6.06. The zero-order valence-corrected chi connectivity index (χ0v) is 19.8. The Kier molecular flexibility index (Phi) is 6.16. The minimum absolute atomic E-state index is 0.172. The number of amides is 2. The largest absolute Gasteiger partial charge is 0.343 e. The fourth-order valence-electron chi connectivity index (χ4n) is 4.56. The second-order valence-corrected chi connectivity index (χ2v) is 10.1. The Bertz CT molecular complexity index is 1040. The van der Waals surface area contributed by atoms with Gasteiger partial charge in [0.1, 0.15) is 12.2 Å². The van der Waals surface area contributed by atoms with E-state index in [9.17, 15) is 9.59 Å². The second kappa shape index (κ2) is 8.76. The van der Waals surface area contributed by atoms with Crippen molar-refractivity contribution in [3.8, 4) is 0 Å². The lowest BCUT2D eigenvalue weighted by Crippen LogP contribution is -2.59. The summed E-state index contributed by atoms with van der Waals surface area (Å²) in [6, 6.07) is 17.4. The van der Waals surface area contributed by atoms with E-state index in [0.717, 1.165) is 5.57 Å². The van der Waals surface area contributed by atoms with E-state index in [-0.39, 0.29) is 17.2 Å². The minimum Gasteiger partial charge on any atom is -0.343 e. The lowest BCUT2D eigenvalue weighted by molar-refractivity contribution is -0.148. The third-order valence-corrected chi connectivity index (χ3v) is 6.06. The number of ether oxygens (including phenoxy) is 2. The molecule has 2 aromatic carbocycles. The van der Waals surface area contributed by atoms with Gasteiger partial charge in [0.05, 0.1) is 12.1 Å².